The maximum atomic E-state index is 11.4. The van der Waals surface area contributed by atoms with Gasteiger partial charge in [-0.2, -0.15) is 0 Å². The summed E-state index contributed by atoms with van der Waals surface area (Å²) < 4.78 is 1.83. The van der Waals surface area contributed by atoms with Gasteiger partial charge in [0.15, 0.2) is 5.69 Å². The fraction of sp³-hybridized carbons (Fsp3) is 0. The van der Waals surface area contributed by atoms with E-state index in [0.717, 1.165) is 0 Å². The molecule has 0 aliphatic heterocycles. The molecule has 6 heteroatoms. The fourth-order valence-corrected chi connectivity index (χ4v) is 3.21. The average molecular weight is 321 g/mol. The van der Waals surface area contributed by atoms with Crippen molar-refractivity contribution in [1.29, 1.82) is 0 Å². The van der Waals surface area contributed by atoms with Crippen LogP contribution < -0.4 is 5.56 Å². The lowest BCUT2D eigenvalue weighted by Gasteiger charge is -1.94. The second-order valence-corrected chi connectivity index (χ2v) is 5.41. The molecular weight excluding hydrogens is 317 g/mol. The molecule has 0 atom stereocenters. The zero-order chi connectivity index (χ0) is 10.3. The number of thiazole rings is 1. The predicted molar refractivity (Wildman–Crippen MR) is 61.2 cm³/mol. The lowest BCUT2D eigenvalue weighted by Crippen LogP contribution is -2.16. The summed E-state index contributed by atoms with van der Waals surface area (Å²) in [4.78, 5) is 23.0. The van der Waals surface area contributed by atoms with Crippen LogP contribution in [0.3, 0.4) is 0 Å². The largest absolute Gasteiger partial charge is 0.477 e. The molecule has 0 saturated heterocycles. The molecule has 0 radical (unpaired) electrons. The summed E-state index contributed by atoms with van der Waals surface area (Å²) in [5.41, 5.74) is -0.254. The van der Waals surface area contributed by atoms with E-state index in [2.05, 4.69) is 0 Å². The number of aromatic nitrogens is 1. The van der Waals surface area contributed by atoms with Crippen LogP contribution in [-0.2, 0) is 0 Å². The van der Waals surface area contributed by atoms with E-state index in [1.54, 1.807) is 12.1 Å². The van der Waals surface area contributed by atoms with Gasteiger partial charge in [-0.25, -0.2) is 4.79 Å². The van der Waals surface area contributed by atoms with Crippen molar-refractivity contribution in [2.75, 3.05) is 0 Å². The first-order valence-electron chi connectivity index (χ1n) is 3.64. The molecule has 0 aliphatic carbocycles. The monoisotopic (exact) mass is 321 g/mol. The number of nitrogens with zero attached hydrogens (tertiary/aromatic N) is 1. The molecule has 2 heterocycles. The topological polar surface area (TPSA) is 58.8 Å². The number of hydrogen-bond acceptors (Lipinski definition) is 3. The molecule has 0 spiro atoms. The Hall–Kier alpha value is -0.890. The van der Waals surface area contributed by atoms with E-state index in [1.807, 2.05) is 22.6 Å². The first-order chi connectivity index (χ1) is 6.61. The van der Waals surface area contributed by atoms with Crippen LogP contribution in [0.4, 0.5) is 0 Å². The third-order valence-electron chi connectivity index (χ3n) is 1.72. The van der Waals surface area contributed by atoms with Crippen molar-refractivity contribution in [2.24, 2.45) is 0 Å². The number of pyridine rings is 1. The van der Waals surface area contributed by atoms with Crippen molar-refractivity contribution < 1.29 is 9.90 Å². The molecule has 14 heavy (non-hydrogen) atoms. The number of carbonyl (C=O) groups is 1. The molecule has 0 bridgehead atoms. The number of carboxylic acid groups (broad SMARTS) is 1. The van der Waals surface area contributed by atoms with Crippen molar-refractivity contribution in [3.8, 4) is 0 Å². The molecule has 2 aromatic rings. The minimum Gasteiger partial charge on any atom is -0.477 e. The Balaban J connectivity index is 3.01. The molecule has 2 aromatic heterocycles. The van der Waals surface area contributed by atoms with Crippen molar-refractivity contribution >= 4 is 44.7 Å². The Labute approximate surface area is 95.9 Å². The van der Waals surface area contributed by atoms with Crippen LogP contribution in [0.25, 0.3) is 4.83 Å². The van der Waals surface area contributed by atoms with Gasteiger partial charge >= 0.3 is 5.97 Å². The number of halogens is 1. The third kappa shape index (κ3) is 1.34. The van der Waals surface area contributed by atoms with Gasteiger partial charge in [-0.3, -0.25) is 9.20 Å². The lowest BCUT2D eigenvalue weighted by atomic mass is 10.4. The zero-order valence-electron chi connectivity index (χ0n) is 6.73. The summed E-state index contributed by atoms with van der Waals surface area (Å²) >= 11 is 3.21. The molecule has 2 rings (SSSR count). The van der Waals surface area contributed by atoms with Gasteiger partial charge in [0.25, 0.3) is 5.56 Å². The van der Waals surface area contributed by atoms with Crippen LogP contribution in [0.5, 0.6) is 0 Å². The molecular formula is C8H4INO3S. The van der Waals surface area contributed by atoms with Gasteiger partial charge in [-0.05, 0) is 28.7 Å². The summed E-state index contributed by atoms with van der Waals surface area (Å²) in [5, 5.41) is 8.92. The number of hydrogen-bond donors (Lipinski definition) is 1. The maximum Gasteiger partial charge on any atom is 0.354 e. The Bertz CT molecular complexity index is 571. The maximum absolute atomic E-state index is 11.4. The number of rotatable bonds is 1. The van der Waals surface area contributed by atoms with Crippen LogP contribution in [0, 0.1) is 2.88 Å². The number of aromatic carboxylic acids is 1. The van der Waals surface area contributed by atoms with Crippen LogP contribution >= 0.6 is 33.9 Å². The quantitative estimate of drug-likeness (QED) is 0.813. The Morgan fingerprint density at radius 1 is 1.50 bits per heavy atom. The second-order valence-electron chi connectivity index (χ2n) is 2.57. The van der Waals surface area contributed by atoms with Gasteiger partial charge in [0.2, 0.25) is 0 Å². The fourth-order valence-electron chi connectivity index (χ4n) is 1.18. The second kappa shape index (κ2) is 3.35. The van der Waals surface area contributed by atoms with Crippen molar-refractivity contribution in [3.63, 3.8) is 0 Å². The summed E-state index contributed by atoms with van der Waals surface area (Å²) in [5.74, 6) is -1.08. The van der Waals surface area contributed by atoms with E-state index in [1.165, 1.54) is 21.8 Å². The first-order valence-corrected chi connectivity index (χ1v) is 5.54. The summed E-state index contributed by atoms with van der Waals surface area (Å²) in [6.45, 7) is 0. The molecule has 0 aromatic carbocycles. The highest BCUT2D eigenvalue weighted by Crippen LogP contribution is 2.23. The predicted octanol–water partition coefficient (Wildman–Crippen LogP) is 1.66. The summed E-state index contributed by atoms with van der Waals surface area (Å²) in [6.07, 6.45) is 0. The van der Waals surface area contributed by atoms with E-state index in [-0.39, 0.29) is 11.3 Å². The molecule has 0 fully saturated rings. The summed E-state index contributed by atoms with van der Waals surface area (Å²) in [7, 11) is 0. The van der Waals surface area contributed by atoms with Crippen molar-refractivity contribution in [3.05, 3.63) is 37.1 Å². The average Bonchev–Trinajstić information content (AvgIpc) is 2.42. The highest BCUT2D eigenvalue weighted by atomic mass is 127. The molecule has 72 valence electrons. The molecule has 0 amide bonds. The smallest absolute Gasteiger partial charge is 0.354 e. The van der Waals surface area contributed by atoms with E-state index >= 15 is 0 Å². The third-order valence-corrected chi connectivity index (χ3v) is 3.80. The van der Waals surface area contributed by atoms with E-state index in [0.29, 0.717) is 7.71 Å². The molecule has 0 aliphatic rings. The van der Waals surface area contributed by atoms with Crippen LogP contribution in [-0.4, -0.2) is 15.5 Å². The van der Waals surface area contributed by atoms with E-state index in [9.17, 15) is 9.59 Å². The molecule has 0 unspecified atom stereocenters. The number of fused-ring (bicyclic) bond motifs is 1. The Morgan fingerprint density at radius 2 is 2.21 bits per heavy atom. The minimum absolute atomic E-state index is 0.0520. The minimum atomic E-state index is -1.08. The van der Waals surface area contributed by atoms with E-state index in [4.69, 9.17) is 5.11 Å². The first kappa shape index (κ1) is 9.66. The van der Waals surface area contributed by atoms with Gasteiger partial charge in [0, 0.05) is 6.07 Å². The SMILES string of the molecule is O=C(O)c1c(I)sc2cccc(=O)n12. The standard InChI is InChI=1S/C8H4INO3S/c9-7-6(8(12)13)10-4(11)2-1-3-5(10)14-7/h1-3H,(H,12,13). The molecule has 0 saturated carbocycles. The van der Waals surface area contributed by atoms with Crippen molar-refractivity contribution in [2.45, 2.75) is 0 Å². The van der Waals surface area contributed by atoms with Crippen LogP contribution in [0.1, 0.15) is 10.5 Å². The number of carboxylic acids is 1. The highest BCUT2D eigenvalue weighted by molar-refractivity contribution is 14.1. The lowest BCUT2D eigenvalue weighted by molar-refractivity contribution is 0.0688. The van der Waals surface area contributed by atoms with Gasteiger partial charge in [-0.1, -0.05) is 6.07 Å². The molecule has 4 nitrogen and oxygen atoms in total. The van der Waals surface area contributed by atoms with E-state index < -0.39 is 5.97 Å². The van der Waals surface area contributed by atoms with Crippen LogP contribution in [0.15, 0.2) is 23.0 Å². The Morgan fingerprint density at radius 3 is 2.86 bits per heavy atom. The van der Waals surface area contributed by atoms with Gasteiger partial charge in [0.1, 0.15) is 4.83 Å². The van der Waals surface area contributed by atoms with Gasteiger partial charge in [-0.15, -0.1) is 11.3 Å². The van der Waals surface area contributed by atoms with Crippen molar-refractivity contribution in [1.82, 2.24) is 4.40 Å². The Kier molecular flexibility index (Phi) is 2.31. The van der Waals surface area contributed by atoms with Crippen LogP contribution in [0.2, 0.25) is 0 Å². The summed E-state index contributed by atoms with van der Waals surface area (Å²) in [6, 6.07) is 4.69. The highest BCUT2D eigenvalue weighted by Gasteiger charge is 2.16. The van der Waals surface area contributed by atoms with Gasteiger partial charge < -0.3 is 5.11 Å². The molecule has 1 N–H and O–H groups in total. The zero-order valence-corrected chi connectivity index (χ0v) is 9.70. The normalized spacial score (nSPS) is 10.6. The van der Waals surface area contributed by atoms with Gasteiger partial charge in [0.05, 0.1) is 2.88 Å².